The number of ether oxygens (including phenoxy) is 1. The molecule has 0 amide bonds. The van der Waals surface area contributed by atoms with Crippen molar-refractivity contribution >= 4 is 11.6 Å². The lowest BCUT2D eigenvalue weighted by molar-refractivity contribution is 0.114. The van der Waals surface area contributed by atoms with Gasteiger partial charge in [-0.3, -0.25) is 0 Å². The van der Waals surface area contributed by atoms with Crippen LogP contribution in [0.25, 0.3) is 0 Å². The van der Waals surface area contributed by atoms with Gasteiger partial charge in [0.1, 0.15) is 12.4 Å². The molecule has 1 rings (SSSR count). The van der Waals surface area contributed by atoms with Gasteiger partial charge in [-0.2, -0.15) is 0 Å². The van der Waals surface area contributed by atoms with Crippen molar-refractivity contribution in [1.29, 1.82) is 0 Å². The number of rotatable bonds is 5. The van der Waals surface area contributed by atoms with E-state index in [1.54, 1.807) is 0 Å². The predicted octanol–water partition coefficient (Wildman–Crippen LogP) is 3.08. The molecule has 0 aliphatic carbocycles. The zero-order valence-corrected chi connectivity index (χ0v) is 12.6. The van der Waals surface area contributed by atoms with E-state index >= 15 is 0 Å². The summed E-state index contributed by atoms with van der Waals surface area (Å²) < 4.78 is 5.78. The van der Waals surface area contributed by atoms with E-state index in [-0.39, 0.29) is 11.6 Å². The smallest absolute Gasteiger partial charge is 0.120 e. The Balaban J connectivity index is 2.73. The Kier molecular flexibility index (Phi) is 5.02. The summed E-state index contributed by atoms with van der Waals surface area (Å²) >= 11 is 6.17. The van der Waals surface area contributed by atoms with Crippen LogP contribution in [0.15, 0.2) is 18.2 Å². The monoisotopic (exact) mass is 270 g/mol. The van der Waals surface area contributed by atoms with E-state index in [9.17, 15) is 0 Å². The highest BCUT2D eigenvalue weighted by Gasteiger charge is 2.21. The maximum atomic E-state index is 6.17. The lowest BCUT2D eigenvalue weighted by Gasteiger charge is -2.32. The van der Waals surface area contributed by atoms with Crippen LogP contribution in [0.4, 0.5) is 0 Å². The molecule has 1 atom stereocenters. The highest BCUT2D eigenvalue weighted by atomic mass is 35.5. The zero-order chi connectivity index (χ0) is 13.9. The first kappa shape index (κ1) is 15.3. The molecule has 1 aromatic rings. The third kappa shape index (κ3) is 3.87. The number of hydrogen-bond acceptors (Lipinski definition) is 3. The minimum atomic E-state index is -0.0650. The number of likely N-dealkylation sites (N-methyl/N-ethyl adjacent to an activating group) is 1. The van der Waals surface area contributed by atoms with E-state index < -0.39 is 0 Å². The molecule has 102 valence electrons. The van der Waals surface area contributed by atoms with Gasteiger partial charge in [-0.25, -0.2) is 0 Å². The van der Waals surface area contributed by atoms with Crippen molar-refractivity contribution in [2.45, 2.75) is 32.4 Å². The molecule has 0 fully saturated rings. The number of benzene rings is 1. The van der Waals surface area contributed by atoms with Gasteiger partial charge in [0.25, 0.3) is 0 Å². The van der Waals surface area contributed by atoms with Crippen LogP contribution in [0.1, 0.15) is 32.4 Å². The van der Waals surface area contributed by atoms with Crippen LogP contribution in [0.2, 0.25) is 5.02 Å². The average molecular weight is 271 g/mol. The van der Waals surface area contributed by atoms with Gasteiger partial charge >= 0.3 is 0 Å². The summed E-state index contributed by atoms with van der Waals surface area (Å²) in [6.45, 7) is 6.78. The van der Waals surface area contributed by atoms with Crippen LogP contribution >= 0.6 is 11.6 Å². The van der Waals surface area contributed by atoms with Gasteiger partial charge in [-0.05, 0) is 52.6 Å². The second kappa shape index (κ2) is 5.91. The molecule has 0 aromatic heterocycles. The SMILES string of the molecule is CC(N)c1ccc(OCC(C)(C)N(C)C)cc1Cl. The first-order valence-electron chi connectivity index (χ1n) is 6.09. The molecule has 3 nitrogen and oxygen atoms in total. The first-order valence-corrected chi connectivity index (χ1v) is 6.47. The van der Waals surface area contributed by atoms with E-state index in [2.05, 4.69) is 18.7 Å². The molecular weight excluding hydrogens is 248 g/mol. The van der Waals surface area contributed by atoms with Crippen LogP contribution in [0, 0.1) is 0 Å². The largest absolute Gasteiger partial charge is 0.492 e. The molecule has 0 aliphatic rings. The molecule has 0 heterocycles. The van der Waals surface area contributed by atoms with E-state index in [0.717, 1.165) is 11.3 Å². The Morgan fingerprint density at radius 2 is 2.00 bits per heavy atom. The van der Waals surface area contributed by atoms with E-state index in [0.29, 0.717) is 11.6 Å². The van der Waals surface area contributed by atoms with Gasteiger partial charge in [0, 0.05) is 16.6 Å². The molecular formula is C14H23ClN2O. The normalized spacial score (nSPS) is 13.8. The fourth-order valence-electron chi connectivity index (χ4n) is 1.36. The Hall–Kier alpha value is -0.770. The summed E-state index contributed by atoms with van der Waals surface area (Å²) in [6, 6.07) is 5.59. The third-order valence-electron chi connectivity index (χ3n) is 3.27. The molecule has 1 aromatic carbocycles. The van der Waals surface area contributed by atoms with Crippen molar-refractivity contribution in [2.75, 3.05) is 20.7 Å². The molecule has 18 heavy (non-hydrogen) atoms. The average Bonchev–Trinajstić information content (AvgIpc) is 2.25. The van der Waals surface area contributed by atoms with Crippen LogP contribution in [0.5, 0.6) is 5.75 Å². The van der Waals surface area contributed by atoms with Gasteiger partial charge < -0.3 is 15.4 Å². The molecule has 0 radical (unpaired) electrons. The second-order valence-electron chi connectivity index (χ2n) is 5.47. The summed E-state index contributed by atoms with van der Waals surface area (Å²) in [7, 11) is 4.07. The van der Waals surface area contributed by atoms with Crippen molar-refractivity contribution in [3.05, 3.63) is 28.8 Å². The Morgan fingerprint density at radius 1 is 1.39 bits per heavy atom. The fraction of sp³-hybridized carbons (Fsp3) is 0.571. The third-order valence-corrected chi connectivity index (χ3v) is 3.59. The van der Waals surface area contributed by atoms with Crippen molar-refractivity contribution in [3.8, 4) is 5.75 Å². The maximum absolute atomic E-state index is 6.17. The number of nitrogens with two attached hydrogens (primary N) is 1. The topological polar surface area (TPSA) is 38.5 Å². The highest BCUT2D eigenvalue weighted by molar-refractivity contribution is 6.31. The van der Waals surface area contributed by atoms with Crippen LogP contribution in [-0.2, 0) is 0 Å². The standard InChI is InChI=1S/C14H23ClN2O/c1-10(16)12-7-6-11(8-13(12)15)18-9-14(2,3)17(4)5/h6-8,10H,9,16H2,1-5H3. The highest BCUT2D eigenvalue weighted by Crippen LogP contribution is 2.26. The minimum absolute atomic E-state index is 0.0215. The molecule has 0 aliphatic heterocycles. The summed E-state index contributed by atoms with van der Waals surface area (Å²) in [5.41, 5.74) is 6.73. The molecule has 0 bridgehead atoms. The number of nitrogens with zero attached hydrogens (tertiary/aromatic N) is 1. The van der Waals surface area contributed by atoms with Crippen LogP contribution in [0.3, 0.4) is 0 Å². The fourth-order valence-corrected chi connectivity index (χ4v) is 1.70. The van der Waals surface area contributed by atoms with E-state index in [1.165, 1.54) is 0 Å². The van der Waals surface area contributed by atoms with Gasteiger partial charge in [-0.15, -0.1) is 0 Å². The van der Waals surface area contributed by atoms with Gasteiger partial charge in [-0.1, -0.05) is 17.7 Å². The quantitative estimate of drug-likeness (QED) is 0.894. The van der Waals surface area contributed by atoms with Crippen molar-refractivity contribution in [1.82, 2.24) is 4.90 Å². The second-order valence-corrected chi connectivity index (χ2v) is 5.87. The van der Waals surface area contributed by atoms with Crippen LogP contribution < -0.4 is 10.5 Å². The van der Waals surface area contributed by atoms with E-state index in [1.807, 2.05) is 39.2 Å². The molecule has 0 spiro atoms. The van der Waals surface area contributed by atoms with Crippen LogP contribution in [-0.4, -0.2) is 31.1 Å². The van der Waals surface area contributed by atoms with Crippen molar-refractivity contribution in [2.24, 2.45) is 5.73 Å². The van der Waals surface area contributed by atoms with Crippen molar-refractivity contribution in [3.63, 3.8) is 0 Å². The van der Waals surface area contributed by atoms with E-state index in [4.69, 9.17) is 22.1 Å². The lowest BCUT2D eigenvalue weighted by atomic mass is 10.1. The molecule has 0 saturated heterocycles. The zero-order valence-electron chi connectivity index (χ0n) is 11.8. The maximum Gasteiger partial charge on any atom is 0.120 e. The summed E-state index contributed by atoms with van der Waals surface area (Å²) in [5, 5.41) is 0.658. The van der Waals surface area contributed by atoms with Gasteiger partial charge in [0.2, 0.25) is 0 Å². The Labute approximate surface area is 115 Å². The number of hydrogen-bond donors (Lipinski definition) is 1. The molecule has 1 unspecified atom stereocenters. The molecule has 2 N–H and O–H groups in total. The summed E-state index contributed by atoms with van der Waals surface area (Å²) in [4.78, 5) is 2.13. The summed E-state index contributed by atoms with van der Waals surface area (Å²) in [6.07, 6.45) is 0. The lowest BCUT2D eigenvalue weighted by Crippen LogP contribution is -2.43. The van der Waals surface area contributed by atoms with Gasteiger partial charge in [0.05, 0.1) is 0 Å². The van der Waals surface area contributed by atoms with Crippen molar-refractivity contribution < 1.29 is 4.74 Å². The predicted molar refractivity (Wildman–Crippen MR) is 77.3 cm³/mol. The van der Waals surface area contributed by atoms with Gasteiger partial charge in [0.15, 0.2) is 0 Å². The minimum Gasteiger partial charge on any atom is -0.492 e. The molecule has 4 heteroatoms. The Bertz CT molecular complexity index is 403. The first-order chi connectivity index (χ1) is 8.24. The summed E-state index contributed by atoms with van der Waals surface area (Å²) in [5.74, 6) is 0.777. The molecule has 0 saturated carbocycles. The Morgan fingerprint density at radius 3 is 2.44 bits per heavy atom. The number of halogens is 1.